The Balaban J connectivity index is 1.49. The van der Waals surface area contributed by atoms with Crippen LogP contribution in [-0.4, -0.2) is 62.3 Å². The summed E-state index contributed by atoms with van der Waals surface area (Å²) in [7, 11) is 0. The summed E-state index contributed by atoms with van der Waals surface area (Å²) in [5.41, 5.74) is 0. The normalized spacial score (nSPS) is 22.2. The van der Waals surface area contributed by atoms with Gasteiger partial charge in [-0.25, -0.2) is 0 Å². The summed E-state index contributed by atoms with van der Waals surface area (Å²) in [4.78, 5) is 24.3. The minimum Gasteiger partial charge on any atom is -0.481 e. The van der Waals surface area contributed by atoms with Crippen LogP contribution >= 0.6 is 34.9 Å². The van der Waals surface area contributed by atoms with E-state index < -0.39 is 12.1 Å². The number of hydrogen-bond acceptors (Lipinski definition) is 7. The van der Waals surface area contributed by atoms with Gasteiger partial charge in [-0.1, -0.05) is 30.4 Å². The Morgan fingerprint density at radius 3 is 2.84 bits per heavy atom. The summed E-state index contributed by atoms with van der Waals surface area (Å²) in [6, 6.07) is 10.4. The molecule has 0 bridgehead atoms. The lowest BCUT2D eigenvalue weighted by Gasteiger charge is -2.19. The number of hydrogen-bond donors (Lipinski definition) is 3. The number of rotatable bonds is 13. The Labute approximate surface area is 201 Å². The molecule has 4 atom stereocenters. The van der Waals surface area contributed by atoms with Crippen molar-refractivity contribution in [3.63, 3.8) is 0 Å². The second-order valence-corrected chi connectivity index (χ2v) is 11.5. The first kappa shape index (κ1) is 25.3. The fraction of sp³-hybridized carbons (Fsp3) is 0.500. The van der Waals surface area contributed by atoms with Crippen LogP contribution in [0.4, 0.5) is 0 Å². The molecule has 1 heterocycles. The van der Waals surface area contributed by atoms with Crippen LogP contribution in [0.3, 0.4) is 0 Å². The summed E-state index contributed by atoms with van der Waals surface area (Å²) in [5, 5.41) is 29.9. The quantitative estimate of drug-likeness (QED) is 0.283. The molecule has 0 saturated heterocycles. The van der Waals surface area contributed by atoms with Crippen molar-refractivity contribution in [1.82, 2.24) is 0 Å². The molecular weight excluding hydrogens is 464 g/mol. The molecular formula is C24H30O5S3. The SMILES string of the molecule is O=C(O)CSCCCS[C@H]1C(=O)C[C@@H](CO)[C@@H]1C=C[C@H](O)CCc1cc2ccccc2s1. The molecule has 1 saturated carbocycles. The van der Waals surface area contributed by atoms with E-state index in [0.29, 0.717) is 12.8 Å². The zero-order valence-electron chi connectivity index (χ0n) is 17.9. The predicted octanol–water partition coefficient (Wildman–Crippen LogP) is 4.26. The predicted molar refractivity (Wildman–Crippen MR) is 135 cm³/mol. The molecule has 0 unspecified atom stereocenters. The van der Waals surface area contributed by atoms with Crippen LogP contribution in [0.25, 0.3) is 10.1 Å². The molecule has 0 radical (unpaired) electrons. The van der Waals surface area contributed by atoms with Gasteiger partial charge in [0, 0.05) is 28.5 Å². The highest BCUT2D eigenvalue weighted by Crippen LogP contribution is 2.38. The number of aliphatic carboxylic acids is 1. The molecule has 3 rings (SSSR count). The Kier molecular flexibility index (Phi) is 10.1. The zero-order chi connectivity index (χ0) is 22.9. The van der Waals surface area contributed by atoms with Gasteiger partial charge in [-0.3, -0.25) is 9.59 Å². The van der Waals surface area contributed by atoms with Crippen LogP contribution in [0, 0.1) is 11.8 Å². The fourth-order valence-electron chi connectivity index (χ4n) is 3.95. The highest BCUT2D eigenvalue weighted by atomic mass is 32.2. The lowest BCUT2D eigenvalue weighted by atomic mass is 9.95. The topological polar surface area (TPSA) is 94.8 Å². The van der Waals surface area contributed by atoms with Crippen LogP contribution in [0.5, 0.6) is 0 Å². The minimum atomic E-state index is -0.810. The number of thioether (sulfide) groups is 2. The molecule has 1 aliphatic carbocycles. The van der Waals surface area contributed by atoms with Crippen LogP contribution in [-0.2, 0) is 16.0 Å². The molecule has 1 aromatic heterocycles. The molecule has 8 heteroatoms. The number of fused-ring (bicyclic) bond motifs is 1. The maximum Gasteiger partial charge on any atom is 0.313 e. The van der Waals surface area contributed by atoms with Crippen molar-refractivity contribution in [3.8, 4) is 0 Å². The maximum atomic E-state index is 12.5. The number of carboxylic acids is 1. The molecule has 32 heavy (non-hydrogen) atoms. The lowest BCUT2D eigenvalue weighted by Crippen LogP contribution is -2.21. The minimum absolute atomic E-state index is 0.0375. The van der Waals surface area contributed by atoms with E-state index in [1.54, 1.807) is 29.2 Å². The summed E-state index contributed by atoms with van der Waals surface area (Å²) < 4.78 is 1.25. The molecule has 174 valence electrons. The van der Waals surface area contributed by atoms with Gasteiger partial charge in [0.15, 0.2) is 0 Å². The van der Waals surface area contributed by atoms with Gasteiger partial charge in [0.25, 0.3) is 0 Å². The molecule has 0 amide bonds. The molecule has 1 aliphatic rings. The van der Waals surface area contributed by atoms with Crippen molar-refractivity contribution in [2.45, 2.75) is 37.0 Å². The Hall–Kier alpha value is -1.32. The van der Waals surface area contributed by atoms with E-state index in [1.807, 2.05) is 18.2 Å². The van der Waals surface area contributed by atoms with Crippen molar-refractivity contribution in [3.05, 3.63) is 47.4 Å². The van der Waals surface area contributed by atoms with E-state index in [4.69, 9.17) is 5.11 Å². The van der Waals surface area contributed by atoms with E-state index in [0.717, 1.165) is 24.3 Å². The van der Waals surface area contributed by atoms with Gasteiger partial charge >= 0.3 is 5.97 Å². The number of ketones is 1. The lowest BCUT2D eigenvalue weighted by molar-refractivity contribution is -0.133. The first-order valence-corrected chi connectivity index (χ1v) is 13.9. The number of aliphatic hydroxyl groups excluding tert-OH is 2. The molecule has 1 aromatic carbocycles. The number of carboxylic acid groups (broad SMARTS) is 1. The second-order valence-electron chi connectivity index (χ2n) is 8.02. The van der Waals surface area contributed by atoms with Gasteiger partial charge in [0.2, 0.25) is 0 Å². The van der Waals surface area contributed by atoms with E-state index >= 15 is 0 Å². The van der Waals surface area contributed by atoms with E-state index in [9.17, 15) is 19.8 Å². The third kappa shape index (κ3) is 7.35. The molecule has 5 nitrogen and oxygen atoms in total. The number of Topliss-reactive ketones (excluding diaryl/α,β-unsaturated/α-hetero) is 1. The van der Waals surface area contributed by atoms with Gasteiger partial charge in [-0.2, -0.15) is 11.8 Å². The van der Waals surface area contributed by atoms with Crippen molar-refractivity contribution in [1.29, 1.82) is 0 Å². The standard InChI is InChI=1S/C24H30O5S3/c25-14-17-13-21(27)24(31-11-3-10-30-15-23(28)29)20(17)9-7-18(26)6-8-19-12-16-4-1-2-5-22(16)32-19/h1-2,4-5,7,9,12,17-18,20,24-26H,3,6,8,10-11,13-15H2,(H,28,29)/t17-,18+,20-,24+/m0/s1. The summed E-state index contributed by atoms with van der Waals surface area (Å²) >= 11 is 4.73. The van der Waals surface area contributed by atoms with Crippen molar-refractivity contribution >= 4 is 56.7 Å². The van der Waals surface area contributed by atoms with Gasteiger partial charge in [-0.05, 0) is 54.2 Å². The summed E-state index contributed by atoms with van der Waals surface area (Å²) in [6.45, 7) is -0.0375. The van der Waals surface area contributed by atoms with Gasteiger partial charge in [0.05, 0.1) is 17.1 Å². The fourth-order valence-corrected chi connectivity index (χ4v) is 7.27. The summed E-state index contributed by atoms with van der Waals surface area (Å²) in [6.07, 6.45) is 5.75. The van der Waals surface area contributed by atoms with E-state index in [2.05, 4.69) is 18.2 Å². The van der Waals surface area contributed by atoms with E-state index in [1.165, 1.54) is 26.7 Å². The molecule has 0 spiro atoms. The van der Waals surface area contributed by atoms with Gasteiger partial charge in [-0.15, -0.1) is 23.1 Å². The first-order chi connectivity index (χ1) is 15.5. The smallest absolute Gasteiger partial charge is 0.313 e. The van der Waals surface area contributed by atoms with Crippen molar-refractivity contribution < 1.29 is 24.9 Å². The van der Waals surface area contributed by atoms with Crippen molar-refractivity contribution in [2.75, 3.05) is 23.9 Å². The average molecular weight is 495 g/mol. The zero-order valence-corrected chi connectivity index (χ0v) is 20.3. The molecule has 1 fully saturated rings. The Bertz CT molecular complexity index is 892. The number of carbonyl (C=O) groups is 2. The largest absolute Gasteiger partial charge is 0.481 e. The monoisotopic (exact) mass is 494 g/mol. The van der Waals surface area contributed by atoms with Crippen molar-refractivity contribution in [2.24, 2.45) is 11.8 Å². The first-order valence-electron chi connectivity index (χ1n) is 10.9. The number of aliphatic hydroxyl groups is 2. The Morgan fingerprint density at radius 1 is 1.28 bits per heavy atom. The van der Waals surface area contributed by atoms with Crippen LogP contribution in [0.2, 0.25) is 0 Å². The Morgan fingerprint density at radius 2 is 2.09 bits per heavy atom. The van der Waals surface area contributed by atoms with Crippen LogP contribution < -0.4 is 0 Å². The average Bonchev–Trinajstić information content (AvgIpc) is 3.33. The molecule has 2 aromatic rings. The third-order valence-corrected chi connectivity index (χ3v) is 9.25. The van der Waals surface area contributed by atoms with Crippen LogP contribution in [0.1, 0.15) is 24.1 Å². The highest BCUT2D eigenvalue weighted by Gasteiger charge is 2.40. The summed E-state index contributed by atoms with van der Waals surface area (Å²) in [5.74, 6) is 0.790. The third-order valence-electron chi connectivity index (χ3n) is 5.58. The van der Waals surface area contributed by atoms with Gasteiger partial charge < -0.3 is 15.3 Å². The highest BCUT2D eigenvalue weighted by molar-refractivity contribution is 8.01. The van der Waals surface area contributed by atoms with E-state index in [-0.39, 0.29) is 35.2 Å². The number of aryl methyl sites for hydroxylation is 1. The number of benzene rings is 1. The van der Waals surface area contributed by atoms with Crippen LogP contribution in [0.15, 0.2) is 42.5 Å². The molecule has 3 N–H and O–H groups in total. The van der Waals surface area contributed by atoms with Gasteiger partial charge in [0.1, 0.15) is 5.78 Å². The molecule has 0 aliphatic heterocycles. The number of thiophene rings is 1. The number of allylic oxidation sites excluding steroid dienone is 1. The number of carbonyl (C=O) groups excluding carboxylic acids is 1. The second kappa shape index (κ2) is 12.8. The maximum absolute atomic E-state index is 12.5.